The van der Waals surface area contributed by atoms with E-state index >= 15 is 0 Å². The average Bonchev–Trinajstić information content (AvgIpc) is 3.49. The van der Waals surface area contributed by atoms with Crippen LogP contribution in [0.4, 0.5) is 0 Å². The maximum atomic E-state index is 2.40. The molecule has 0 N–H and O–H groups in total. The Balaban J connectivity index is 0.000000107. The molecule has 0 heterocycles. The third kappa shape index (κ3) is 6.74. The van der Waals surface area contributed by atoms with Gasteiger partial charge in [-0.1, -0.05) is 97.3 Å². The van der Waals surface area contributed by atoms with Crippen LogP contribution in [0.1, 0.15) is 136 Å². The molecule has 0 saturated heterocycles. The minimum atomic E-state index is 1.06. The van der Waals surface area contributed by atoms with Gasteiger partial charge in [0.15, 0.2) is 0 Å². The fraction of sp³-hybridized carbons (Fsp3) is 1.00. The second-order valence-corrected chi connectivity index (χ2v) is 12.5. The molecule has 0 aromatic heterocycles. The molecule has 6 aliphatic rings. The minimum Gasteiger partial charge on any atom is -0.0625 e. The van der Waals surface area contributed by atoms with Gasteiger partial charge in [-0.3, -0.25) is 0 Å². The van der Waals surface area contributed by atoms with Gasteiger partial charge in [-0.2, -0.15) is 0 Å². The lowest BCUT2D eigenvalue weighted by atomic mass is 9.65. The van der Waals surface area contributed by atoms with Crippen molar-refractivity contribution in [1.82, 2.24) is 0 Å². The van der Waals surface area contributed by atoms with Gasteiger partial charge in [-0.05, 0) is 85.9 Å². The molecule has 0 heteroatoms. The van der Waals surface area contributed by atoms with Crippen LogP contribution in [0.2, 0.25) is 0 Å². The molecule has 6 rings (SSSR count). The monoisotopic (exact) mass is 400 g/mol. The summed E-state index contributed by atoms with van der Waals surface area (Å²) < 4.78 is 0. The van der Waals surface area contributed by atoms with Gasteiger partial charge in [0, 0.05) is 0 Å². The Hall–Kier alpha value is 0. The molecule has 0 aliphatic heterocycles. The van der Waals surface area contributed by atoms with Crippen molar-refractivity contribution in [2.45, 2.75) is 136 Å². The molecule has 6 saturated carbocycles. The standard InChI is InChI=1S/C11H20.C10H18.C8H14/c1-9-7-11(8-9)10-5-3-2-4-6-10;1-2-5-9(6-3-1)10-7-4-8-10;1-6-4-8(5-6)7-2-3-7/h9-11H,2-8H2,1H3;9-10H,1-8H2;6-8H,2-5H2,1H3. The molecular weight excluding hydrogens is 348 g/mol. The van der Waals surface area contributed by atoms with Crippen LogP contribution < -0.4 is 0 Å². The van der Waals surface area contributed by atoms with Gasteiger partial charge in [0.1, 0.15) is 0 Å². The van der Waals surface area contributed by atoms with Crippen molar-refractivity contribution in [2.24, 2.45) is 47.3 Å². The van der Waals surface area contributed by atoms with Crippen molar-refractivity contribution in [3.05, 3.63) is 0 Å². The molecule has 29 heavy (non-hydrogen) atoms. The Labute approximate surface area is 183 Å². The molecule has 0 nitrogen and oxygen atoms in total. The summed E-state index contributed by atoms with van der Waals surface area (Å²) in [6.07, 6.45) is 29.3. The highest BCUT2D eigenvalue weighted by Crippen LogP contribution is 2.49. The molecule has 0 spiro atoms. The molecule has 0 aromatic rings. The summed E-state index contributed by atoms with van der Waals surface area (Å²) >= 11 is 0. The van der Waals surface area contributed by atoms with E-state index in [-0.39, 0.29) is 0 Å². The summed E-state index contributed by atoms with van der Waals surface area (Å²) in [6.45, 7) is 4.78. The minimum absolute atomic E-state index is 1.06. The third-order valence-corrected chi connectivity index (χ3v) is 9.89. The molecule has 0 radical (unpaired) electrons. The SMILES string of the molecule is C1CCC(C2CCC2)CC1.CC1CC(C2CC2)C1.CC1CC(C2CCCCC2)C1. The second-order valence-electron chi connectivity index (χ2n) is 12.5. The van der Waals surface area contributed by atoms with E-state index in [9.17, 15) is 0 Å². The number of hydrogen-bond acceptors (Lipinski definition) is 0. The Morgan fingerprint density at radius 1 is 0.310 bits per heavy atom. The molecule has 168 valence electrons. The lowest BCUT2D eigenvalue weighted by molar-refractivity contribution is 0.108. The molecule has 6 aliphatic carbocycles. The summed E-state index contributed by atoms with van der Waals surface area (Å²) in [4.78, 5) is 0. The van der Waals surface area contributed by atoms with Crippen LogP contribution >= 0.6 is 0 Å². The van der Waals surface area contributed by atoms with Crippen LogP contribution in [0.5, 0.6) is 0 Å². The van der Waals surface area contributed by atoms with E-state index in [0.717, 1.165) is 29.6 Å². The summed E-state index contributed by atoms with van der Waals surface area (Å²) in [5.41, 5.74) is 0. The Morgan fingerprint density at radius 2 is 0.621 bits per heavy atom. The van der Waals surface area contributed by atoms with E-state index in [2.05, 4.69) is 13.8 Å². The maximum Gasteiger partial charge on any atom is -0.0381 e. The summed E-state index contributed by atoms with van der Waals surface area (Å²) in [5.74, 6) is 9.09. The Morgan fingerprint density at radius 3 is 0.897 bits per heavy atom. The third-order valence-electron chi connectivity index (χ3n) is 9.89. The van der Waals surface area contributed by atoms with Crippen molar-refractivity contribution in [3.63, 3.8) is 0 Å². The van der Waals surface area contributed by atoms with Gasteiger partial charge in [0.25, 0.3) is 0 Å². The zero-order chi connectivity index (χ0) is 20.1. The first-order valence-corrected chi connectivity index (χ1v) is 14.2. The van der Waals surface area contributed by atoms with Crippen LogP contribution in [0.3, 0.4) is 0 Å². The zero-order valence-corrected chi connectivity index (χ0v) is 20.1. The van der Waals surface area contributed by atoms with Crippen molar-refractivity contribution in [3.8, 4) is 0 Å². The highest BCUT2D eigenvalue weighted by atomic mass is 14.4. The second kappa shape index (κ2) is 11.0. The van der Waals surface area contributed by atoms with Crippen LogP contribution in [0, 0.1) is 47.3 Å². The lowest BCUT2D eigenvalue weighted by Gasteiger charge is -2.40. The van der Waals surface area contributed by atoms with Gasteiger partial charge < -0.3 is 0 Å². The predicted molar refractivity (Wildman–Crippen MR) is 127 cm³/mol. The van der Waals surface area contributed by atoms with E-state index in [0.29, 0.717) is 0 Å². The number of rotatable bonds is 3. The Kier molecular flexibility index (Phi) is 8.45. The van der Waals surface area contributed by atoms with E-state index < -0.39 is 0 Å². The van der Waals surface area contributed by atoms with Crippen LogP contribution in [0.25, 0.3) is 0 Å². The summed E-state index contributed by atoms with van der Waals surface area (Å²) in [6, 6.07) is 0. The average molecular weight is 401 g/mol. The first-order valence-electron chi connectivity index (χ1n) is 14.2. The van der Waals surface area contributed by atoms with E-state index in [1.165, 1.54) is 62.7 Å². The topological polar surface area (TPSA) is 0 Å². The van der Waals surface area contributed by atoms with E-state index in [1.807, 2.05) is 0 Å². The predicted octanol–water partition coefficient (Wildman–Crippen LogP) is 9.42. The normalized spacial score (nSPS) is 38.3. The van der Waals surface area contributed by atoms with Gasteiger partial charge in [0.2, 0.25) is 0 Å². The molecule has 0 bridgehead atoms. The molecule has 0 aromatic carbocycles. The van der Waals surface area contributed by atoms with Crippen molar-refractivity contribution >= 4 is 0 Å². The fourth-order valence-corrected chi connectivity index (χ4v) is 7.39. The maximum absolute atomic E-state index is 2.40. The largest absolute Gasteiger partial charge is 0.0625 e. The van der Waals surface area contributed by atoms with Crippen LogP contribution in [-0.4, -0.2) is 0 Å². The van der Waals surface area contributed by atoms with Gasteiger partial charge in [-0.25, -0.2) is 0 Å². The van der Waals surface area contributed by atoms with E-state index in [1.54, 1.807) is 77.0 Å². The molecule has 0 atom stereocenters. The molecule has 0 amide bonds. The van der Waals surface area contributed by atoms with Crippen LogP contribution in [-0.2, 0) is 0 Å². The highest BCUT2D eigenvalue weighted by molar-refractivity contribution is 4.89. The summed E-state index contributed by atoms with van der Waals surface area (Å²) in [7, 11) is 0. The first-order chi connectivity index (χ1) is 14.2. The van der Waals surface area contributed by atoms with Crippen molar-refractivity contribution in [2.75, 3.05) is 0 Å². The van der Waals surface area contributed by atoms with Gasteiger partial charge >= 0.3 is 0 Å². The molecular formula is C29H52. The number of hydrogen-bond donors (Lipinski definition) is 0. The van der Waals surface area contributed by atoms with Crippen molar-refractivity contribution in [1.29, 1.82) is 0 Å². The van der Waals surface area contributed by atoms with E-state index in [4.69, 9.17) is 0 Å². The van der Waals surface area contributed by atoms with Crippen LogP contribution in [0.15, 0.2) is 0 Å². The Bertz CT molecular complexity index is 435. The summed E-state index contributed by atoms with van der Waals surface area (Å²) in [5, 5.41) is 0. The smallest absolute Gasteiger partial charge is 0.0381 e. The first kappa shape index (κ1) is 22.2. The fourth-order valence-electron chi connectivity index (χ4n) is 7.39. The quantitative estimate of drug-likeness (QED) is 0.442. The molecule has 6 fully saturated rings. The van der Waals surface area contributed by atoms with Gasteiger partial charge in [-0.15, -0.1) is 0 Å². The molecule has 0 unspecified atom stereocenters. The lowest BCUT2D eigenvalue weighted by Crippen LogP contribution is -2.29. The highest BCUT2D eigenvalue weighted by Gasteiger charge is 2.38. The van der Waals surface area contributed by atoms with Gasteiger partial charge in [0.05, 0.1) is 0 Å². The zero-order valence-electron chi connectivity index (χ0n) is 20.1. The van der Waals surface area contributed by atoms with Crippen molar-refractivity contribution < 1.29 is 0 Å².